The van der Waals surface area contributed by atoms with Gasteiger partial charge in [-0.15, -0.1) is 0 Å². The molecule has 2 aromatic rings. The minimum absolute atomic E-state index is 0.255. The van der Waals surface area contributed by atoms with E-state index < -0.39 is 0 Å². The molecule has 16 heavy (non-hydrogen) atoms. The molecule has 5 heteroatoms. The number of aromatic nitrogens is 2. The Labute approximate surface area is 96.2 Å². The fourth-order valence-corrected chi connectivity index (χ4v) is 1.60. The second-order valence-corrected chi connectivity index (χ2v) is 3.72. The predicted molar refractivity (Wildman–Crippen MR) is 61.4 cm³/mol. The van der Waals surface area contributed by atoms with Gasteiger partial charge in [0, 0.05) is 17.8 Å². The van der Waals surface area contributed by atoms with E-state index >= 15 is 0 Å². The van der Waals surface area contributed by atoms with Crippen molar-refractivity contribution in [1.29, 1.82) is 0 Å². The van der Waals surface area contributed by atoms with E-state index in [1.54, 1.807) is 29.0 Å². The molecule has 0 atom stereocenters. The van der Waals surface area contributed by atoms with E-state index in [2.05, 4.69) is 4.98 Å². The van der Waals surface area contributed by atoms with E-state index in [0.717, 1.165) is 0 Å². The third kappa shape index (κ3) is 2.25. The van der Waals surface area contributed by atoms with Crippen LogP contribution < -0.4 is 5.56 Å². The Kier molecular flexibility index (Phi) is 2.96. The van der Waals surface area contributed by atoms with Gasteiger partial charge in [0.25, 0.3) is 5.56 Å². The Morgan fingerprint density at radius 2 is 2.06 bits per heavy atom. The first kappa shape index (κ1) is 10.8. The van der Waals surface area contributed by atoms with Crippen molar-refractivity contribution in [1.82, 2.24) is 9.55 Å². The largest absolute Gasteiger partial charge is 0.321 e. The number of H-pyrrole nitrogens is 1. The molecule has 82 valence electrons. The zero-order chi connectivity index (χ0) is 11.5. The number of hydrogen-bond donors (Lipinski definition) is 1. The van der Waals surface area contributed by atoms with E-state index in [1.165, 1.54) is 12.1 Å². The van der Waals surface area contributed by atoms with Crippen molar-refractivity contribution in [2.75, 3.05) is 0 Å². The summed E-state index contributed by atoms with van der Waals surface area (Å²) in [6.07, 6.45) is 1.55. The summed E-state index contributed by atoms with van der Waals surface area (Å²) in [5.41, 5.74) is 0.278. The minimum Gasteiger partial charge on any atom is -0.321 e. The van der Waals surface area contributed by atoms with Gasteiger partial charge in [-0.05, 0) is 18.3 Å². The summed E-state index contributed by atoms with van der Waals surface area (Å²) < 4.78 is 15.3. The summed E-state index contributed by atoms with van der Waals surface area (Å²) >= 11 is 4.97. The van der Waals surface area contributed by atoms with E-state index in [1.807, 2.05) is 0 Å². The number of benzene rings is 1. The van der Waals surface area contributed by atoms with Gasteiger partial charge in [0.2, 0.25) is 0 Å². The second-order valence-electron chi connectivity index (χ2n) is 3.33. The molecule has 0 unspecified atom stereocenters. The first-order chi connectivity index (χ1) is 7.66. The second kappa shape index (κ2) is 4.40. The quantitative estimate of drug-likeness (QED) is 0.811. The smallest absolute Gasteiger partial charge is 0.251 e. The summed E-state index contributed by atoms with van der Waals surface area (Å²) in [4.78, 5) is 13.4. The molecule has 3 nitrogen and oxygen atoms in total. The Hall–Kier alpha value is -1.75. The van der Waals surface area contributed by atoms with Crippen LogP contribution in [-0.2, 0) is 6.54 Å². The monoisotopic (exact) mass is 236 g/mol. The van der Waals surface area contributed by atoms with Crippen LogP contribution in [0.4, 0.5) is 4.39 Å². The lowest BCUT2D eigenvalue weighted by Gasteiger charge is -2.06. The Morgan fingerprint density at radius 3 is 2.75 bits per heavy atom. The number of aromatic amines is 1. The molecule has 1 aromatic heterocycles. The molecular weight excluding hydrogens is 227 g/mol. The number of halogens is 1. The SMILES string of the molecule is O=c1ccn(Cc2ccccc2F)c(=S)[nH]1. The molecule has 1 N–H and O–H groups in total. The predicted octanol–water partition coefficient (Wildman–Crippen LogP) is 2.09. The molecule has 0 saturated carbocycles. The van der Waals surface area contributed by atoms with Gasteiger partial charge in [-0.3, -0.25) is 9.78 Å². The highest BCUT2D eigenvalue weighted by atomic mass is 32.1. The summed E-state index contributed by atoms with van der Waals surface area (Å²) in [5.74, 6) is -0.282. The van der Waals surface area contributed by atoms with Crippen LogP contribution in [0.5, 0.6) is 0 Å². The number of nitrogens with zero attached hydrogens (tertiary/aromatic N) is 1. The molecular formula is C11H9FN2OS. The Morgan fingerprint density at radius 1 is 1.31 bits per heavy atom. The van der Waals surface area contributed by atoms with Crippen molar-refractivity contribution in [3.8, 4) is 0 Å². The summed E-state index contributed by atoms with van der Waals surface area (Å²) in [6.45, 7) is 0.308. The van der Waals surface area contributed by atoms with E-state index in [9.17, 15) is 9.18 Å². The molecule has 0 radical (unpaired) electrons. The van der Waals surface area contributed by atoms with Crippen LogP contribution >= 0.6 is 12.2 Å². The van der Waals surface area contributed by atoms with Crippen molar-refractivity contribution in [2.45, 2.75) is 6.54 Å². The van der Waals surface area contributed by atoms with Gasteiger partial charge in [0.1, 0.15) is 5.82 Å². The first-order valence-electron chi connectivity index (χ1n) is 4.70. The van der Waals surface area contributed by atoms with Crippen molar-refractivity contribution in [3.05, 3.63) is 63.0 Å². The maximum Gasteiger partial charge on any atom is 0.251 e. The topological polar surface area (TPSA) is 37.8 Å². The number of hydrogen-bond acceptors (Lipinski definition) is 2. The fourth-order valence-electron chi connectivity index (χ4n) is 1.38. The lowest BCUT2D eigenvalue weighted by Crippen LogP contribution is -2.12. The van der Waals surface area contributed by atoms with Crippen molar-refractivity contribution >= 4 is 12.2 Å². The summed E-state index contributed by atoms with van der Waals surface area (Å²) in [7, 11) is 0. The molecule has 2 rings (SSSR count). The van der Waals surface area contributed by atoms with Gasteiger partial charge in [-0.25, -0.2) is 4.39 Å². The lowest BCUT2D eigenvalue weighted by atomic mass is 10.2. The van der Waals surface area contributed by atoms with Crippen LogP contribution in [0, 0.1) is 10.6 Å². The van der Waals surface area contributed by atoms with Crippen molar-refractivity contribution in [3.63, 3.8) is 0 Å². The van der Waals surface area contributed by atoms with Crippen LogP contribution in [0.15, 0.2) is 41.3 Å². The van der Waals surface area contributed by atoms with Crippen LogP contribution in [0.1, 0.15) is 5.56 Å². The normalized spacial score (nSPS) is 10.3. The van der Waals surface area contributed by atoms with Gasteiger partial charge in [0.15, 0.2) is 4.77 Å². The average molecular weight is 236 g/mol. The van der Waals surface area contributed by atoms with E-state index in [0.29, 0.717) is 12.1 Å². The standard InChI is InChI=1S/C11H9FN2OS/c12-9-4-2-1-3-8(9)7-14-6-5-10(15)13-11(14)16/h1-6H,7H2,(H,13,15,16). The summed E-state index contributed by atoms with van der Waals surface area (Å²) in [5, 5.41) is 0. The Bertz CT molecular complexity index is 618. The van der Waals surface area contributed by atoms with Gasteiger partial charge in [0.05, 0.1) is 6.54 Å². The molecule has 0 aliphatic heterocycles. The molecule has 0 bridgehead atoms. The van der Waals surface area contributed by atoms with E-state index in [4.69, 9.17) is 12.2 Å². The average Bonchev–Trinajstić information content (AvgIpc) is 2.25. The van der Waals surface area contributed by atoms with Crippen LogP contribution in [0.3, 0.4) is 0 Å². The molecule has 0 amide bonds. The van der Waals surface area contributed by atoms with Gasteiger partial charge >= 0.3 is 0 Å². The highest BCUT2D eigenvalue weighted by molar-refractivity contribution is 7.71. The third-order valence-corrected chi connectivity index (χ3v) is 2.53. The zero-order valence-corrected chi connectivity index (χ0v) is 9.13. The molecule has 0 aliphatic carbocycles. The maximum absolute atomic E-state index is 13.4. The molecule has 1 aromatic carbocycles. The summed E-state index contributed by atoms with van der Waals surface area (Å²) in [6, 6.07) is 7.82. The first-order valence-corrected chi connectivity index (χ1v) is 5.11. The highest BCUT2D eigenvalue weighted by Crippen LogP contribution is 2.07. The molecule has 0 aliphatic rings. The molecule has 0 fully saturated rings. The van der Waals surface area contributed by atoms with Crippen LogP contribution in [0.2, 0.25) is 0 Å². The molecule has 1 heterocycles. The van der Waals surface area contributed by atoms with E-state index in [-0.39, 0.29) is 16.1 Å². The lowest BCUT2D eigenvalue weighted by molar-refractivity contribution is 0.595. The minimum atomic E-state index is -0.282. The number of rotatable bonds is 2. The Balaban J connectivity index is 2.38. The van der Waals surface area contributed by atoms with Crippen LogP contribution in [-0.4, -0.2) is 9.55 Å². The van der Waals surface area contributed by atoms with Gasteiger partial charge < -0.3 is 4.57 Å². The zero-order valence-electron chi connectivity index (χ0n) is 8.31. The fraction of sp³-hybridized carbons (Fsp3) is 0.0909. The molecule has 0 saturated heterocycles. The van der Waals surface area contributed by atoms with Crippen LogP contribution in [0.25, 0.3) is 0 Å². The third-order valence-electron chi connectivity index (χ3n) is 2.20. The maximum atomic E-state index is 13.4. The highest BCUT2D eigenvalue weighted by Gasteiger charge is 2.01. The number of nitrogens with one attached hydrogen (secondary N) is 1. The van der Waals surface area contributed by atoms with Gasteiger partial charge in [-0.1, -0.05) is 18.2 Å². The van der Waals surface area contributed by atoms with Gasteiger partial charge in [-0.2, -0.15) is 0 Å². The van der Waals surface area contributed by atoms with Crippen molar-refractivity contribution in [2.24, 2.45) is 0 Å². The molecule has 0 spiro atoms. The van der Waals surface area contributed by atoms with Crippen molar-refractivity contribution < 1.29 is 4.39 Å².